The number of Topliss-reactive ketones (excluding diaryl/α,β-unsaturated/α-hetero) is 1. The standard InChI is InChI=1S/C13H22N6O4/c14-10(21)4-7-6-18-12(23)8(2-1-3-17-13(15)16)19-11(22)5-9(7)20/h7-8H,1-6H2,(H2,14,21)(H,18,23)(H,19,22)(H4,15,16,17)/t7?,8-/m0/s1. The fraction of sp³-hybridized carbons (Fsp3) is 0.615. The first kappa shape index (κ1) is 18.4. The Morgan fingerprint density at radius 3 is 2.52 bits per heavy atom. The second kappa shape index (κ2) is 8.71. The van der Waals surface area contributed by atoms with Gasteiger partial charge in [0.2, 0.25) is 17.7 Å². The average Bonchev–Trinajstić information content (AvgIpc) is 2.48. The first-order valence-electron chi connectivity index (χ1n) is 7.23. The van der Waals surface area contributed by atoms with Crippen molar-refractivity contribution in [2.75, 3.05) is 13.1 Å². The molecule has 0 saturated carbocycles. The fourth-order valence-electron chi connectivity index (χ4n) is 2.21. The van der Waals surface area contributed by atoms with Crippen LogP contribution < -0.4 is 27.8 Å². The molecule has 1 fully saturated rings. The Morgan fingerprint density at radius 2 is 1.91 bits per heavy atom. The second-order valence-electron chi connectivity index (χ2n) is 5.32. The molecule has 1 aliphatic heterocycles. The molecule has 0 spiro atoms. The number of hydrogen-bond acceptors (Lipinski definition) is 5. The van der Waals surface area contributed by atoms with Crippen LogP contribution in [-0.2, 0) is 19.2 Å². The molecule has 1 aliphatic rings. The van der Waals surface area contributed by atoms with Gasteiger partial charge in [-0.25, -0.2) is 0 Å². The Bertz CT molecular complexity index is 515. The molecule has 0 aromatic rings. The number of primary amides is 1. The van der Waals surface area contributed by atoms with Crippen LogP contribution in [0.2, 0.25) is 0 Å². The van der Waals surface area contributed by atoms with Crippen LogP contribution >= 0.6 is 0 Å². The molecule has 3 amide bonds. The molecule has 0 aliphatic carbocycles. The van der Waals surface area contributed by atoms with Crippen molar-refractivity contribution < 1.29 is 19.2 Å². The Balaban J connectivity index is 2.68. The minimum Gasteiger partial charge on any atom is -0.370 e. The lowest BCUT2D eigenvalue weighted by Gasteiger charge is -2.17. The van der Waals surface area contributed by atoms with Crippen molar-refractivity contribution in [3.8, 4) is 0 Å². The minimum absolute atomic E-state index is 0.0278. The van der Waals surface area contributed by atoms with Gasteiger partial charge in [-0.3, -0.25) is 24.2 Å². The summed E-state index contributed by atoms with van der Waals surface area (Å²) in [5, 5.41) is 5.07. The van der Waals surface area contributed by atoms with Crippen molar-refractivity contribution in [2.24, 2.45) is 28.1 Å². The monoisotopic (exact) mass is 326 g/mol. The summed E-state index contributed by atoms with van der Waals surface area (Å²) in [4.78, 5) is 50.6. The Hall–Kier alpha value is -2.65. The summed E-state index contributed by atoms with van der Waals surface area (Å²) in [5.41, 5.74) is 15.5. The number of rotatable bonds is 6. The highest BCUT2D eigenvalue weighted by Gasteiger charge is 2.29. The van der Waals surface area contributed by atoms with E-state index in [2.05, 4.69) is 15.6 Å². The molecule has 23 heavy (non-hydrogen) atoms. The van der Waals surface area contributed by atoms with Gasteiger partial charge in [0.25, 0.3) is 0 Å². The quantitative estimate of drug-likeness (QED) is 0.151. The summed E-state index contributed by atoms with van der Waals surface area (Å²) in [6.07, 6.45) is 0.205. The minimum atomic E-state index is -0.789. The van der Waals surface area contributed by atoms with E-state index >= 15 is 0 Å². The smallest absolute Gasteiger partial charge is 0.242 e. The molecule has 10 nitrogen and oxygen atoms in total. The Labute approximate surface area is 133 Å². The molecular formula is C13H22N6O4. The van der Waals surface area contributed by atoms with Crippen LogP contribution in [0.25, 0.3) is 0 Å². The number of nitrogens with zero attached hydrogens (tertiary/aromatic N) is 1. The maximum Gasteiger partial charge on any atom is 0.242 e. The lowest BCUT2D eigenvalue weighted by Crippen LogP contribution is -2.46. The number of guanidine groups is 1. The topological polar surface area (TPSA) is 183 Å². The molecule has 0 bridgehead atoms. The number of nitrogens with one attached hydrogen (secondary N) is 2. The van der Waals surface area contributed by atoms with E-state index in [1.807, 2.05) is 0 Å². The van der Waals surface area contributed by atoms with Crippen LogP contribution in [0.4, 0.5) is 0 Å². The molecule has 8 N–H and O–H groups in total. The molecule has 0 aromatic heterocycles. The van der Waals surface area contributed by atoms with Crippen molar-refractivity contribution in [1.82, 2.24) is 10.6 Å². The van der Waals surface area contributed by atoms with Gasteiger partial charge in [-0.15, -0.1) is 0 Å². The number of hydrogen-bond donors (Lipinski definition) is 5. The molecule has 0 radical (unpaired) electrons. The molecule has 1 unspecified atom stereocenters. The highest BCUT2D eigenvalue weighted by molar-refractivity contribution is 6.02. The highest BCUT2D eigenvalue weighted by atomic mass is 16.2. The predicted octanol–water partition coefficient (Wildman–Crippen LogP) is -2.89. The normalized spacial score (nSPS) is 22.2. The largest absolute Gasteiger partial charge is 0.370 e. The van der Waals surface area contributed by atoms with E-state index in [1.54, 1.807) is 0 Å². The van der Waals surface area contributed by atoms with E-state index in [0.717, 1.165) is 0 Å². The van der Waals surface area contributed by atoms with Gasteiger partial charge in [-0.2, -0.15) is 0 Å². The molecule has 2 atom stereocenters. The molecule has 1 rings (SSSR count). The van der Waals surface area contributed by atoms with E-state index in [4.69, 9.17) is 17.2 Å². The first-order valence-corrected chi connectivity index (χ1v) is 7.23. The summed E-state index contributed by atoms with van der Waals surface area (Å²) in [7, 11) is 0. The van der Waals surface area contributed by atoms with Crippen LogP contribution in [0.3, 0.4) is 0 Å². The second-order valence-corrected chi connectivity index (χ2v) is 5.32. The lowest BCUT2D eigenvalue weighted by molar-refractivity contribution is -0.133. The van der Waals surface area contributed by atoms with Crippen molar-refractivity contribution in [3.63, 3.8) is 0 Å². The third-order valence-electron chi connectivity index (χ3n) is 3.36. The number of carbonyl (C=O) groups excluding carboxylic acids is 4. The van der Waals surface area contributed by atoms with Crippen LogP contribution in [0.5, 0.6) is 0 Å². The highest BCUT2D eigenvalue weighted by Crippen LogP contribution is 2.10. The van der Waals surface area contributed by atoms with E-state index < -0.39 is 41.9 Å². The van der Waals surface area contributed by atoms with Crippen molar-refractivity contribution in [1.29, 1.82) is 0 Å². The summed E-state index contributed by atoms with van der Waals surface area (Å²) in [5.74, 6) is -2.91. The van der Waals surface area contributed by atoms with Crippen molar-refractivity contribution >= 4 is 29.5 Å². The number of nitrogens with two attached hydrogens (primary N) is 3. The van der Waals surface area contributed by atoms with Crippen molar-refractivity contribution in [3.05, 3.63) is 0 Å². The third-order valence-corrected chi connectivity index (χ3v) is 3.36. The summed E-state index contributed by atoms with van der Waals surface area (Å²) >= 11 is 0. The summed E-state index contributed by atoms with van der Waals surface area (Å²) < 4.78 is 0. The van der Waals surface area contributed by atoms with E-state index in [9.17, 15) is 19.2 Å². The molecule has 1 heterocycles. The predicted molar refractivity (Wildman–Crippen MR) is 81.8 cm³/mol. The summed E-state index contributed by atoms with van der Waals surface area (Å²) in [6.45, 7) is 0.297. The molecule has 128 valence electrons. The van der Waals surface area contributed by atoms with Gasteiger partial charge in [-0.1, -0.05) is 0 Å². The maximum atomic E-state index is 12.1. The van der Waals surface area contributed by atoms with Gasteiger partial charge < -0.3 is 27.8 Å². The first-order chi connectivity index (χ1) is 10.8. The number of amides is 3. The molecular weight excluding hydrogens is 304 g/mol. The molecule has 0 aromatic carbocycles. The number of ketones is 1. The van der Waals surface area contributed by atoms with E-state index in [-0.39, 0.29) is 18.9 Å². The van der Waals surface area contributed by atoms with E-state index in [1.165, 1.54) is 0 Å². The molecule has 10 heteroatoms. The van der Waals surface area contributed by atoms with Gasteiger partial charge in [0.05, 0.1) is 6.42 Å². The SMILES string of the molecule is NC(=O)CC1CNC(=O)[C@H](CCCN=C(N)N)NC(=O)CC1=O. The maximum absolute atomic E-state index is 12.1. The molecule has 1 saturated heterocycles. The van der Waals surface area contributed by atoms with Gasteiger partial charge in [0.15, 0.2) is 5.96 Å². The average molecular weight is 326 g/mol. The van der Waals surface area contributed by atoms with Gasteiger partial charge in [0, 0.05) is 25.4 Å². The van der Waals surface area contributed by atoms with Gasteiger partial charge in [-0.05, 0) is 12.8 Å². The van der Waals surface area contributed by atoms with Crippen LogP contribution in [0.1, 0.15) is 25.7 Å². The van der Waals surface area contributed by atoms with Crippen LogP contribution in [0, 0.1) is 5.92 Å². The van der Waals surface area contributed by atoms with Gasteiger partial charge in [0.1, 0.15) is 11.8 Å². The zero-order valence-corrected chi connectivity index (χ0v) is 12.7. The Kier molecular flexibility index (Phi) is 6.97. The Morgan fingerprint density at radius 1 is 1.22 bits per heavy atom. The van der Waals surface area contributed by atoms with Crippen LogP contribution in [0.15, 0.2) is 4.99 Å². The fourth-order valence-corrected chi connectivity index (χ4v) is 2.21. The third kappa shape index (κ3) is 6.76. The van der Waals surface area contributed by atoms with Crippen LogP contribution in [-0.4, -0.2) is 48.6 Å². The van der Waals surface area contributed by atoms with Crippen molar-refractivity contribution in [2.45, 2.75) is 31.7 Å². The lowest BCUT2D eigenvalue weighted by atomic mass is 9.97. The number of aliphatic imine (C=N–C) groups is 1. The zero-order chi connectivity index (χ0) is 17.4. The van der Waals surface area contributed by atoms with Gasteiger partial charge >= 0.3 is 0 Å². The zero-order valence-electron chi connectivity index (χ0n) is 12.7. The van der Waals surface area contributed by atoms with E-state index in [0.29, 0.717) is 19.4 Å². The number of carbonyl (C=O) groups is 4. The summed E-state index contributed by atoms with van der Waals surface area (Å²) in [6, 6.07) is -0.781.